The third-order valence-corrected chi connectivity index (χ3v) is 5.24. The molecule has 2 bridgehead atoms. The summed E-state index contributed by atoms with van der Waals surface area (Å²) in [4.78, 5) is 2.84. The zero-order valence-corrected chi connectivity index (χ0v) is 12.0. The lowest BCUT2D eigenvalue weighted by atomic mass is 9.89. The van der Waals surface area contributed by atoms with Gasteiger partial charge in [0.25, 0.3) is 0 Å². The molecule has 18 heavy (non-hydrogen) atoms. The van der Waals surface area contributed by atoms with Gasteiger partial charge < -0.3 is 10.1 Å². The van der Waals surface area contributed by atoms with Crippen molar-refractivity contribution in [3.05, 3.63) is 0 Å². The monoisotopic (exact) mass is 252 g/mol. The molecular weight excluding hydrogens is 224 g/mol. The van der Waals surface area contributed by atoms with Crippen molar-refractivity contribution in [2.75, 3.05) is 19.8 Å². The van der Waals surface area contributed by atoms with E-state index in [0.29, 0.717) is 5.54 Å². The molecule has 0 aliphatic carbocycles. The van der Waals surface area contributed by atoms with Crippen molar-refractivity contribution in [3.63, 3.8) is 0 Å². The molecule has 0 aromatic carbocycles. The van der Waals surface area contributed by atoms with Crippen LogP contribution in [0.4, 0.5) is 0 Å². The third-order valence-electron chi connectivity index (χ3n) is 5.24. The molecule has 0 amide bonds. The van der Waals surface area contributed by atoms with Crippen LogP contribution < -0.4 is 5.32 Å². The number of hydrogen-bond donors (Lipinski definition) is 1. The summed E-state index contributed by atoms with van der Waals surface area (Å²) in [5, 5.41) is 3.74. The number of nitrogens with zero attached hydrogens (tertiary/aromatic N) is 1. The van der Waals surface area contributed by atoms with Crippen molar-refractivity contribution in [2.24, 2.45) is 0 Å². The topological polar surface area (TPSA) is 24.5 Å². The first kappa shape index (κ1) is 12.9. The molecule has 0 radical (unpaired) electrons. The second kappa shape index (κ2) is 5.10. The summed E-state index contributed by atoms with van der Waals surface area (Å²) in [6.45, 7) is 7.78. The van der Waals surface area contributed by atoms with Gasteiger partial charge in [-0.2, -0.15) is 0 Å². The summed E-state index contributed by atoms with van der Waals surface area (Å²) in [7, 11) is 0. The lowest BCUT2D eigenvalue weighted by Crippen LogP contribution is -2.58. The molecule has 3 rings (SSSR count). The quantitative estimate of drug-likeness (QED) is 0.830. The molecule has 3 saturated heterocycles. The first-order chi connectivity index (χ1) is 8.73. The minimum Gasteiger partial charge on any atom is -0.379 e. The maximum atomic E-state index is 5.67. The molecule has 0 aromatic rings. The van der Waals surface area contributed by atoms with E-state index in [1.807, 2.05) is 0 Å². The molecule has 3 heteroatoms. The van der Waals surface area contributed by atoms with E-state index in [1.165, 1.54) is 45.1 Å². The van der Waals surface area contributed by atoms with Crippen molar-refractivity contribution < 1.29 is 4.74 Å². The predicted molar refractivity (Wildman–Crippen MR) is 73.8 cm³/mol. The second-order valence-corrected chi connectivity index (χ2v) is 6.71. The Labute approximate surface area is 111 Å². The Morgan fingerprint density at radius 3 is 2.56 bits per heavy atom. The van der Waals surface area contributed by atoms with E-state index in [9.17, 15) is 0 Å². The van der Waals surface area contributed by atoms with Gasteiger partial charge >= 0.3 is 0 Å². The molecule has 3 fully saturated rings. The molecular formula is C15H28N2O. The van der Waals surface area contributed by atoms with Crippen molar-refractivity contribution in [2.45, 2.75) is 76.0 Å². The van der Waals surface area contributed by atoms with Crippen LogP contribution in [0.15, 0.2) is 0 Å². The molecule has 3 heterocycles. The minimum absolute atomic E-state index is 0.335. The highest BCUT2D eigenvalue weighted by molar-refractivity contribution is 5.05. The maximum Gasteiger partial charge on any atom is 0.0648 e. The van der Waals surface area contributed by atoms with Crippen LogP contribution in [0.25, 0.3) is 0 Å². The van der Waals surface area contributed by atoms with Crippen LogP contribution in [-0.4, -0.2) is 48.3 Å². The Morgan fingerprint density at radius 1 is 1.28 bits per heavy atom. The molecule has 104 valence electrons. The third kappa shape index (κ3) is 2.21. The summed E-state index contributed by atoms with van der Waals surface area (Å²) in [6, 6.07) is 2.39. The SMILES string of the molecule is CCCNC1CC2CCC(C1)N2C1(C)CCOC1. The fraction of sp³-hybridized carbons (Fsp3) is 1.00. The molecule has 3 aliphatic rings. The van der Waals surface area contributed by atoms with Gasteiger partial charge in [-0.3, -0.25) is 4.90 Å². The van der Waals surface area contributed by atoms with Crippen molar-refractivity contribution in [3.8, 4) is 0 Å². The number of nitrogens with one attached hydrogen (secondary N) is 1. The number of hydrogen-bond acceptors (Lipinski definition) is 3. The number of rotatable bonds is 4. The number of ether oxygens (including phenoxy) is 1. The van der Waals surface area contributed by atoms with Crippen LogP contribution in [0.1, 0.15) is 52.4 Å². The fourth-order valence-corrected chi connectivity index (χ4v) is 4.43. The Hall–Kier alpha value is -0.120. The summed E-state index contributed by atoms with van der Waals surface area (Å²) < 4.78 is 5.67. The highest BCUT2D eigenvalue weighted by Crippen LogP contribution is 2.43. The zero-order valence-electron chi connectivity index (χ0n) is 12.0. The molecule has 0 spiro atoms. The van der Waals surface area contributed by atoms with E-state index in [2.05, 4.69) is 24.1 Å². The van der Waals surface area contributed by atoms with Gasteiger partial charge in [0.1, 0.15) is 0 Å². The van der Waals surface area contributed by atoms with E-state index in [0.717, 1.165) is 31.3 Å². The van der Waals surface area contributed by atoms with Gasteiger partial charge in [-0.1, -0.05) is 6.92 Å². The highest BCUT2D eigenvalue weighted by atomic mass is 16.5. The predicted octanol–water partition coefficient (Wildman–Crippen LogP) is 2.16. The summed E-state index contributed by atoms with van der Waals surface area (Å²) >= 11 is 0. The van der Waals surface area contributed by atoms with Crippen LogP contribution in [0.3, 0.4) is 0 Å². The fourth-order valence-electron chi connectivity index (χ4n) is 4.43. The zero-order chi connectivity index (χ0) is 12.6. The van der Waals surface area contributed by atoms with Crippen molar-refractivity contribution in [1.29, 1.82) is 0 Å². The van der Waals surface area contributed by atoms with Gasteiger partial charge in [0, 0.05) is 30.3 Å². The largest absolute Gasteiger partial charge is 0.379 e. The Balaban J connectivity index is 1.66. The smallest absolute Gasteiger partial charge is 0.0648 e. The van der Waals surface area contributed by atoms with E-state index in [-0.39, 0.29) is 0 Å². The first-order valence-electron chi connectivity index (χ1n) is 7.82. The second-order valence-electron chi connectivity index (χ2n) is 6.71. The Morgan fingerprint density at radius 2 is 2.00 bits per heavy atom. The van der Waals surface area contributed by atoms with Crippen molar-refractivity contribution >= 4 is 0 Å². The van der Waals surface area contributed by atoms with Gasteiger partial charge in [0.15, 0.2) is 0 Å². The Kier molecular flexibility index (Phi) is 3.65. The lowest BCUT2D eigenvalue weighted by molar-refractivity contribution is 0.00358. The summed E-state index contributed by atoms with van der Waals surface area (Å²) in [6.07, 6.45) is 8.00. The molecule has 3 unspecified atom stereocenters. The lowest BCUT2D eigenvalue weighted by Gasteiger charge is -2.47. The first-order valence-corrected chi connectivity index (χ1v) is 7.82. The average Bonchev–Trinajstić information content (AvgIpc) is 2.90. The van der Waals surface area contributed by atoms with E-state index >= 15 is 0 Å². The van der Waals surface area contributed by atoms with Gasteiger partial charge in [-0.05, 0) is 52.0 Å². The number of piperidine rings is 1. The van der Waals surface area contributed by atoms with Crippen LogP contribution in [0.2, 0.25) is 0 Å². The molecule has 3 aliphatic heterocycles. The van der Waals surface area contributed by atoms with E-state index in [1.54, 1.807) is 0 Å². The van der Waals surface area contributed by atoms with Gasteiger partial charge in [0.2, 0.25) is 0 Å². The molecule has 0 saturated carbocycles. The van der Waals surface area contributed by atoms with Crippen LogP contribution in [0, 0.1) is 0 Å². The van der Waals surface area contributed by atoms with E-state index < -0.39 is 0 Å². The molecule has 0 aromatic heterocycles. The van der Waals surface area contributed by atoms with Crippen molar-refractivity contribution in [1.82, 2.24) is 10.2 Å². The molecule has 3 nitrogen and oxygen atoms in total. The van der Waals surface area contributed by atoms with Crippen LogP contribution in [0.5, 0.6) is 0 Å². The van der Waals surface area contributed by atoms with Gasteiger partial charge in [-0.15, -0.1) is 0 Å². The van der Waals surface area contributed by atoms with E-state index in [4.69, 9.17) is 4.74 Å². The normalized spacial score (nSPS) is 44.7. The van der Waals surface area contributed by atoms with Crippen LogP contribution >= 0.6 is 0 Å². The minimum atomic E-state index is 0.335. The summed E-state index contributed by atoms with van der Waals surface area (Å²) in [5.41, 5.74) is 0.335. The van der Waals surface area contributed by atoms with Gasteiger partial charge in [0.05, 0.1) is 6.61 Å². The van der Waals surface area contributed by atoms with Gasteiger partial charge in [-0.25, -0.2) is 0 Å². The molecule has 3 atom stereocenters. The average molecular weight is 252 g/mol. The standard InChI is InChI=1S/C15H28N2O/c1-3-7-16-12-9-13-4-5-14(10-12)17(13)15(2)6-8-18-11-15/h12-14,16H,3-11H2,1-2H3. The Bertz CT molecular complexity index is 274. The number of fused-ring (bicyclic) bond motifs is 2. The summed E-state index contributed by atoms with van der Waals surface area (Å²) in [5.74, 6) is 0. The molecule has 1 N–H and O–H groups in total. The maximum absolute atomic E-state index is 5.67. The highest BCUT2D eigenvalue weighted by Gasteiger charge is 2.49. The van der Waals surface area contributed by atoms with Crippen LogP contribution in [-0.2, 0) is 4.74 Å².